The fourth-order valence-electron chi connectivity index (χ4n) is 2.46. The lowest BCUT2D eigenvalue weighted by Gasteiger charge is -2.36. The van der Waals surface area contributed by atoms with Gasteiger partial charge in [0.2, 0.25) is 0 Å². The van der Waals surface area contributed by atoms with Crippen LogP contribution in [0, 0.1) is 0 Å². The molecular formula is C12H26N2O. The third-order valence-electron chi connectivity index (χ3n) is 3.27. The average Bonchev–Trinajstić information content (AvgIpc) is 2.18. The Kier molecular flexibility index (Phi) is 5.03. The Bertz CT molecular complexity index is 174. The van der Waals surface area contributed by atoms with E-state index < -0.39 is 0 Å². The van der Waals surface area contributed by atoms with Gasteiger partial charge in [-0.15, -0.1) is 0 Å². The van der Waals surface area contributed by atoms with Crippen molar-refractivity contribution in [2.24, 2.45) is 5.73 Å². The number of ether oxygens (including phenoxy) is 1. The van der Waals surface area contributed by atoms with E-state index in [2.05, 4.69) is 18.7 Å². The van der Waals surface area contributed by atoms with E-state index >= 15 is 0 Å². The molecule has 0 bridgehead atoms. The molecule has 0 saturated carbocycles. The molecule has 3 heteroatoms. The number of hydrogen-bond acceptors (Lipinski definition) is 3. The molecule has 2 N–H and O–H groups in total. The second kappa shape index (κ2) is 5.83. The molecule has 1 saturated heterocycles. The molecule has 0 amide bonds. The van der Waals surface area contributed by atoms with Crippen LogP contribution in [0.3, 0.4) is 0 Å². The van der Waals surface area contributed by atoms with Crippen molar-refractivity contribution in [2.45, 2.75) is 51.2 Å². The summed E-state index contributed by atoms with van der Waals surface area (Å²) in [4.78, 5) is 2.48. The van der Waals surface area contributed by atoms with Gasteiger partial charge in [0.15, 0.2) is 0 Å². The molecule has 1 heterocycles. The van der Waals surface area contributed by atoms with Gasteiger partial charge in [0, 0.05) is 32.3 Å². The van der Waals surface area contributed by atoms with Crippen LogP contribution in [-0.2, 0) is 4.74 Å². The Balaban J connectivity index is 2.28. The Morgan fingerprint density at radius 3 is 2.47 bits per heavy atom. The van der Waals surface area contributed by atoms with Gasteiger partial charge in [0.25, 0.3) is 0 Å². The summed E-state index contributed by atoms with van der Waals surface area (Å²) in [6, 6.07) is 0. The zero-order chi connectivity index (χ0) is 11.3. The fraction of sp³-hybridized carbons (Fsp3) is 1.00. The molecule has 0 aliphatic carbocycles. The highest BCUT2D eigenvalue weighted by atomic mass is 16.5. The summed E-state index contributed by atoms with van der Waals surface area (Å²) >= 11 is 0. The van der Waals surface area contributed by atoms with Gasteiger partial charge in [-0.3, -0.25) is 0 Å². The molecular weight excluding hydrogens is 188 g/mol. The number of hydrogen-bond donors (Lipinski definition) is 1. The Morgan fingerprint density at radius 1 is 1.40 bits per heavy atom. The molecule has 90 valence electrons. The summed E-state index contributed by atoms with van der Waals surface area (Å²) in [6.07, 6.45) is 5.05. The Hall–Kier alpha value is -0.120. The van der Waals surface area contributed by atoms with Crippen molar-refractivity contribution in [1.82, 2.24) is 4.90 Å². The molecule has 0 aromatic heterocycles. The minimum atomic E-state index is -0.0192. The van der Waals surface area contributed by atoms with Crippen molar-refractivity contribution in [3.05, 3.63) is 0 Å². The smallest absolute Gasteiger partial charge is 0.0595 e. The monoisotopic (exact) mass is 214 g/mol. The summed E-state index contributed by atoms with van der Waals surface area (Å²) in [5.74, 6) is 0. The predicted octanol–water partition coefficient (Wildman–Crippen LogP) is 1.61. The Labute approximate surface area is 94.0 Å². The van der Waals surface area contributed by atoms with Crippen molar-refractivity contribution in [2.75, 3.05) is 26.7 Å². The number of nitrogens with zero attached hydrogens (tertiary/aromatic N) is 1. The molecule has 15 heavy (non-hydrogen) atoms. The molecule has 0 aromatic rings. The lowest BCUT2D eigenvalue weighted by Crippen LogP contribution is -2.50. The van der Waals surface area contributed by atoms with E-state index in [0.29, 0.717) is 6.10 Å². The number of methoxy groups -OCH3 is 1. The van der Waals surface area contributed by atoms with Gasteiger partial charge < -0.3 is 15.4 Å². The van der Waals surface area contributed by atoms with Gasteiger partial charge >= 0.3 is 0 Å². The first-order chi connectivity index (χ1) is 7.07. The van der Waals surface area contributed by atoms with Gasteiger partial charge in [-0.05, 0) is 26.2 Å². The van der Waals surface area contributed by atoms with Crippen molar-refractivity contribution < 1.29 is 4.74 Å². The third kappa shape index (κ3) is 4.49. The van der Waals surface area contributed by atoms with E-state index in [1.165, 1.54) is 6.42 Å². The summed E-state index contributed by atoms with van der Waals surface area (Å²) in [7, 11) is 1.81. The number of rotatable bonds is 5. The van der Waals surface area contributed by atoms with Gasteiger partial charge in [0.1, 0.15) is 0 Å². The largest absolute Gasteiger partial charge is 0.381 e. The summed E-state index contributed by atoms with van der Waals surface area (Å²) in [5.41, 5.74) is 6.23. The maximum atomic E-state index is 6.25. The highest BCUT2D eigenvalue weighted by Crippen LogP contribution is 2.17. The van der Waals surface area contributed by atoms with Gasteiger partial charge in [-0.2, -0.15) is 0 Å². The minimum absolute atomic E-state index is 0.0192. The summed E-state index contributed by atoms with van der Waals surface area (Å²) in [5, 5.41) is 0. The first-order valence-electron chi connectivity index (χ1n) is 6.11. The zero-order valence-electron chi connectivity index (χ0n) is 10.5. The molecule has 0 radical (unpaired) electrons. The first kappa shape index (κ1) is 12.9. The van der Waals surface area contributed by atoms with Crippen molar-refractivity contribution in [3.63, 3.8) is 0 Å². The van der Waals surface area contributed by atoms with Gasteiger partial charge in [-0.25, -0.2) is 0 Å². The lowest BCUT2D eigenvalue weighted by atomic mass is 9.95. The van der Waals surface area contributed by atoms with E-state index in [1.807, 2.05) is 7.11 Å². The summed E-state index contributed by atoms with van der Waals surface area (Å²) in [6.45, 7) is 7.66. The highest BCUT2D eigenvalue weighted by molar-refractivity contribution is 4.84. The Morgan fingerprint density at radius 2 is 2.00 bits per heavy atom. The van der Waals surface area contributed by atoms with Crippen molar-refractivity contribution in [3.8, 4) is 0 Å². The quantitative estimate of drug-likeness (QED) is 0.755. The van der Waals surface area contributed by atoms with E-state index in [9.17, 15) is 0 Å². The standard InChI is InChI=1S/C12H26N2O/c1-4-7-12(2,13)10-14-8-5-11(15-3)6-9-14/h11H,4-10,13H2,1-3H3. The SMILES string of the molecule is CCCC(C)(N)CN1CCC(OC)CC1. The van der Waals surface area contributed by atoms with Crippen LogP contribution in [0.1, 0.15) is 39.5 Å². The van der Waals surface area contributed by atoms with Crippen LogP contribution < -0.4 is 5.73 Å². The molecule has 3 nitrogen and oxygen atoms in total. The molecule has 1 aliphatic heterocycles. The van der Waals surface area contributed by atoms with E-state index in [-0.39, 0.29) is 5.54 Å². The average molecular weight is 214 g/mol. The van der Waals surface area contributed by atoms with Gasteiger partial charge in [-0.1, -0.05) is 13.3 Å². The maximum absolute atomic E-state index is 6.25. The fourth-order valence-corrected chi connectivity index (χ4v) is 2.46. The van der Waals surface area contributed by atoms with Crippen molar-refractivity contribution >= 4 is 0 Å². The number of likely N-dealkylation sites (tertiary alicyclic amines) is 1. The highest BCUT2D eigenvalue weighted by Gasteiger charge is 2.25. The van der Waals surface area contributed by atoms with E-state index in [1.54, 1.807) is 0 Å². The van der Waals surface area contributed by atoms with E-state index in [4.69, 9.17) is 10.5 Å². The molecule has 1 unspecified atom stereocenters. The maximum Gasteiger partial charge on any atom is 0.0595 e. The predicted molar refractivity (Wildman–Crippen MR) is 64.0 cm³/mol. The number of piperidine rings is 1. The molecule has 1 rings (SSSR count). The molecule has 1 aliphatic rings. The normalized spacial score (nSPS) is 24.0. The minimum Gasteiger partial charge on any atom is -0.381 e. The van der Waals surface area contributed by atoms with E-state index in [0.717, 1.165) is 38.9 Å². The molecule has 1 atom stereocenters. The van der Waals surface area contributed by atoms with Crippen LogP contribution in [0.25, 0.3) is 0 Å². The lowest BCUT2D eigenvalue weighted by molar-refractivity contribution is 0.0348. The number of nitrogens with two attached hydrogens (primary N) is 1. The molecule has 0 spiro atoms. The molecule has 0 aromatic carbocycles. The van der Waals surface area contributed by atoms with Crippen LogP contribution in [0.15, 0.2) is 0 Å². The third-order valence-corrected chi connectivity index (χ3v) is 3.27. The first-order valence-corrected chi connectivity index (χ1v) is 6.11. The van der Waals surface area contributed by atoms with Crippen LogP contribution >= 0.6 is 0 Å². The second-order valence-electron chi connectivity index (χ2n) is 5.12. The summed E-state index contributed by atoms with van der Waals surface area (Å²) < 4.78 is 5.36. The topological polar surface area (TPSA) is 38.5 Å². The van der Waals surface area contributed by atoms with Crippen LogP contribution in [0.5, 0.6) is 0 Å². The van der Waals surface area contributed by atoms with Crippen LogP contribution in [-0.4, -0.2) is 43.3 Å². The second-order valence-corrected chi connectivity index (χ2v) is 5.12. The zero-order valence-corrected chi connectivity index (χ0v) is 10.5. The van der Waals surface area contributed by atoms with Crippen molar-refractivity contribution in [1.29, 1.82) is 0 Å². The van der Waals surface area contributed by atoms with Gasteiger partial charge in [0.05, 0.1) is 6.10 Å². The van der Waals surface area contributed by atoms with Crippen LogP contribution in [0.4, 0.5) is 0 Å². The molecule has 1 fully saturated rings. The van der Waals surface area contributed by atoms with Crippen LogP contribution in [0.2, 0.25) is 0 Å².